The van der Waals surface area contributed by atoms with E-state index in [0.717, 1.165) is 11.3 Å². The highest BCUT2D eigenvalue weighted by Gasteiger charge is 2.44. The number of hydrogen-bond donors (Lipinski definition) is 0. The van der Waals surface area contributed by atoms with Crippen LogP contribution in [0, 0.1) is 11.3 Å². The topological polar surface area (TPSA) is 0 Å². The minimum atomic E-state index is 0.908. The van der Waals surface area contributed by atoms with Crippen LogP contribution in [0.2, 0.25) is 0 Å². The second-order valence-electron chi connectivity index (χ2n) is 5.06. The summed E-state index contributed by atoms with van der Waals surface area (Å²) in [5.41, 5.74) is 0.908. The Morgan fingerprint density at radius 3 is 1.69 bits per heavy atom. The zero-order chi connectivity index (χ0) is 9.73. The van der Waals surface area contributed by atoms with Gasteiger partial charge in [-0.3, -0.25) is 0 Å². The Balaban J connectivity index is 0.000000251. The van der Waals surface area contributed by atoms with E-state index >= 15 is 0 Å². The molecular weight excluding hydrogens is 156 g/mol. The third kappa shape index (κ3) is 3.32. The van der Waals surface area contributed by atoms with Crippen molar-refractivity contribution in [3.63, 3.8) is 0 Å². The summed E-state index contributed by atoms with van der Waals surface area (Å²) in [6.07, 6.45) is 12.0. The SMILES string of the molecule is CCC.CCC1CCC2(CC1)CC2. The highest BCUT2D eigenvalue weighted by atomic mass is 14.5. The monoisotopic (exact) mass is 182 g/mol. The van der Waals surface area contributed by atoms with Crippen molar-refractivity contribution in [2.24, 2.45) is 11.3 Å². The lowest BCUT2D eigenvalue weighted by molar-refractivity contribution is 0.252. The molecule has 0 aromatic rings. The third-order valence-electron chi connectivity index (χ3n) is 3.70. The molecule has 0 atom stereocenters. The van der Waals surface area contributed by atoms with Crippen LogP contribution < -0.4 is 0 Å². The molecule has 78 valence electrons. The van der Waals surface area contributed by atoms with Gasteiger partial charge in [0.05, 0.1) is 0 Å². The van der Waals surface area contributed by atoms with Crippen molar-refractivity contribution in [2.75, 3.05) is 0 Å². The largest absolute Gasteiger partial charge is 0.0656 e. The maximum Gasteiger partial charge on any atom is -0.0297 e. The van der Waals surface area contributed by atoms with Crippen LogP contribution in [0.5, 0.6) is 0 Å². The lowest BCUT2D eigenvalue weighted by Crippen LogP contribution is -2.14. The van der Waals surface area contributed by atoms with Crippen LogP contribution in [0.25, 0.3) is 0 Å². The Morgan fingerprint density at radius 1 is 0.923 bits per heavy atom. The first-order valence-electron chi connectivity index (χ1n) is 6.26. The van der Waals surface area contributed by atoms with Crippen molar-refractivity contribution in [3.8, 4) is 0 Å². The maximum absolute atomic E-state index is 2.34. The summed E-state index contributed by atoms with van der Waals surface area (Å²) in [6, 6.07) is 0. The Kier molecular flexibility index (Phi) is 4.28. The summed E-state index contributed by atoms with van der Waals surface area (Å²) in [6.45, 7) is 6.59. The lowest BCUT2D eigenvalue weighted by Gasteiger charge is -2.27. The Morgan fingerprint density at radius 2 is 1.38 bits per heavy atom. The van der Waals surface area contributed by atoms with Gasteiger partial charge < -0.3 is 0 Å². The molecule has 2 rings (SSSR count). The molecule has 0 nitrogen and oxygen atoms in total. The first-order valence-corrected chi connectivity index (χ1v) is 6.26. The fourth-order valence-corrected chi connectivity index (χ4v) is 2.37. The van der Waals surface area contributed by atoms with Crippen LogP contribution >= 0.6 is 0 Å². The predicted octanol–water partition coefficient (Wildman–Crippen LogP) is 4.78. The molecule has 0 bridgehead atoms. The van der Waals surface area contributed by atoms with Gasteiger partial charge in [-0.25, -0.2) is 0 Å². The standard InChI is InChI=1S/C10H18.C3H8/c1-2-9-3-5-10(6-4-9)7-8-10;1-3-2/h9H,2-8H2,1H3;3H2,1-2H3. The van der Waals surface area contributed by atoms with Gasteiger partial charge >= 0.3 is 0 Å². The van der Waals surface area contributed by atoms with Gasteiger partial charge in [0, 0.05) is 0 Å². The first kappa shape index (κ1) is 11.1. The first-order chi connectivity index (χ1) is 6.26. The van der Waals surface area contributed by atoms with E-state index in [-0.39, 0.29) is 0 Å². The molecule has 0 heterocycles. The van der Waals surface area contributed by atoms with E-state index in [9.17, 15) is 0 Å². The molecule has 2 saturated carbocycles. The molecule has 1 spiro atoms. The summed E-state index contributed by atoms with van der Waals surface area (Å²) in [4.78, 5) is 0. The molecule has 13 heavy (non-hydrogen) atoms. The van der Waals surface area contributed by atoms with Crippen LogP contribution in [0.4, 0.5) is 0 Å². The van der Waals surface area contributed by atoms with Gasteiger partial charge in [-0.1, -0.05) is 33.6 Å². The zero-order valence-corrected chi connectivity index (χ0v) is 9.73. The van der Waals surface area contributed by atoms with Crippen LogP contribution in [-0.4, -0.2) is 0 Å². The molecule has 0 N–H and O–H groups in total. The second-order valence-corrected chi connectivity index (χ2v) is 5.06. The van der Waals surface area contributed by atoms with Crippen LogP contribution in [0.3, 0.4) is 0 Å². The van der Waals surface area contributed by atoms with Gasteiger partial charge in [0.1, 0.15) is 0 Å². The smallest absolute Gasteiger partial charge is 0.0297 e. The molecule has 0 aliphatic heterocycles. The minimum absolute atomic E-state index is 0.908. The van der Waals surface area contributed by atoms with Crippen LogP contribution in [-0.2, 0) is 0 Å². The van der Waals surface area contributed by atoms with Crippen molar-refractivity contribution in [1.82, 2.24) is 0 Å². The Hall–Kier alpha value is 0. The van der Waals surface area contributed by atoms with Crippen molar-refractivity contribution in [3.05, 3.63) is 0 Å². The van der Waals surface area contributed by atoms with Gasteiger partial charge in [0.25, 0.3) is 0 Å². The fraction of sp³-hybridized carbons (Fsp3) is 1.00. The van der Waals surface area contributed by atoms with Crippen molar-refractivity contribution < 1.29 is 0 Å². The van der Waals surface area contributed by atoms with Gasteiger partial charge in [0.2, 0.25) is 0 Å². The summed E-state index contributed by atoms with van der Waals surface area (Å²) in [5.74, 6) is 1.09. The quantitative estimate of drug-likeness (QED) is 0.547. The molecule has 2 fully saturated rings. The highest BCUT2D eigenvalue weighted by molar-refractivity contribution is 4.95. The summed E-state index contributed by atoms with van der Waals surface area (Å²) in [5, 5.41) is 0. The number of hydrogen-bond acceptors (Lipinski definition) is 0. The van der Waals surface area contributed by atoms with E-state index in [1.54, 1.807) is 25.7 Å². The Bertz CT molecular complexity index is 123. The van der Waals surface area contributed by atoms with Crippen molar-refractivity contribution in [2.45, 2.75) is 72.1 Å². The molecule has 0 unspecified atom stereocenters. The third-order valence-corrected chi connectivity index (χ3v) is 3.70. The van der Waals surface area contributed by atoms with E-state index in [0.29, 0.717) is 0 Å². The minimum Gasteiger partial charge on any atom is -0.0656 e. The van der Waals surface area contributed by atoms with E-state index < -0.39 is 0 Å². The van der Waals surface area contributed by atoms with Gasteiger partial charge in [-0.2, -0.15) is 0 Å². The summed E-state index contributed by atoms with van der Waals surface area (Å²) < 4.78 is 0. The zero-order valence-electron chi connectivity index (χ0n) is 9.73. The summed E-state index contributed by atoms with van der Waals surface area (Å²) in [7, 11) is 0. The molecule has 0 aromatic heterocycles. The molecule has 2 aliphatic carbocycles. The maximum atomic E-state index is 2.34. The molecule has 0 heteroatoms. The van der Waals surface area contributed by atoms with Gasteiger partial charge in [0.15, 0.2) is 0 Å². The number of rotatable bonds is 1. The van der Waals surface area contributed by atoms with E-state index in [1.165, 1.54) is 25.7 Å². The molecule has 0 amide bonds. The van der Waals surface area contributed by atoms with Gasteiger partial charge in [-0.05, 0) is 49.9 Å². The normalized spacial score (nSPS) is 25.2. The fourth-order valence-electron chi connectivity index (χ4n) is 2.37. The van der Waals surface area contributed by atoms with Gasteiger partial charge in [-0.15, -0.1) is 0 Å². The second kappa shape index (κ2) is 5.02. The van der Waals surface area contributed by atoms with Crippen LogP contribution in [0.1, 0.15) is 72.1 Å². The highest BCUT2D eigenvalue weighted by Crippen LogP contribution is 2.57. The molecule has 0 aromatic carbocycles. The average molecular weight is 182 g/mol. The molecular formula is C13H26. The van der Waals surface area contributed by atoms with E-state index in [1.807, 2.05) is 0 Å². The molecule has 2 aliphatic rings. The van der Waals surface area contributed by atoms with Crippen molar-refractivity contribution >= 4 is 0 Å². The summed E-state index contributed by atoms with van der Waals surface area (Å²) >= 11 is 0. The molecule has 0 saturated heterocycles. The lowest BCUT2D eigenvalue weighted by atomic mass is 9.79. The molecule has 0 radical (unpaired) electrons. The van der Waals surface area contributed by atoms with E-state index in [2.05, 4.69) is 20.8 Å². The van der Waals surface area contributed by atoms with Crippen LogP contribution in [0.15, 0.2) is 0 Å². The average Bonchev–Trinajstić information content (AvgIpc) is 2.88. The predicted molar refractivity (Wildman–Crippen MR) is 59.9 cm³/mol. The Labute approximate surface area is 84.1 Å². The van der Waals surface area contributed by atoms with E-state index in [4.69, 9.17) is 0 Å². The van der Waals surface area contributed by atoms with Crippen molar-refractivity contribution in [1.29, 1.82) is 0 Å².